The van der Waals surface area contributed by atoms with Crippen LogP contribution in [0.5, 0.6) is 0 Å². The number of hydrogen-bond donors (Lipinski definition) is 0. The highest BCUT2D eigenvalue weighted by Gasteiger charge is 2.22. The Morgan fingerprint density at radius 1 is 1.00 bits per heavy atom. The summed E-state index contributed by atoms with van der Waals surface area (Å²) in [6.07, 6.45) is 2.36. The summed E-state index contributed by atoms with van der Waals surface area (Å²) >= 11 is 0. The lowest BCUT2D eigenvalue weighted by Gasteiger charge is -2.35. The van der Waals surface area contributed by atoms with E-state index in [2.05, 4.69) is 71.7 Å². The van der Waals surface area contributed by atoms with Crippen LogP contribution in [0.15, 0.2) is 24.3 Å². The first-order valence-electron chi connectivity index (χ1n) is 8.72. The molecule has 1 aromatic carbocycles. The molecule has 0 spiro atoms. The average Bonchev–Trinajstić information content (AvgIpc) is 2.81. The number of likely N-dealkylation sites (N-methyl/N-ethyl adjacent to an activating group) is 1. The van der Waals surface area contributed by atoms with Crippen molar-refractivity contribution in [3.8, 4) is 0 Å². The second-order valence-corrected chi connectivity index (χ2v) is 7.08. The van der Waals surface area contributed by atoms with Crippen molar-refractivity contribution in [2.45, 2.75) is 12.8 Å². The molecule has 1 fully saturated rings. The minimum atomic E-state index is 1.13. The van der Waals surface area contributed by atoms with Crippen molar-refractivity contribution < 1.29 is 0 Å². The number of anilines is 1. The minimum Gasteiger partial charge on any atom is -0.355 e. The molecule has 2 aromatic rings. The third kappa shape index (κ3) is 3.38. The summed E-state index contributed by atoms with van der Waals surface area (Å²) in [5.74, 6) is 1.44. The van der Waals surface area contributed by atoms with E-state index in [4.69, 9.17) is 0 Å². The van der Waals surface area contributed by atoms with Crippen molar-refractivity contribution in [1.29, 1.82) is 0 Å². The largest absolute Gasteiger partial charge is 0.355 e. The number of rotatable bonds is 5. The molecule has 126 valence electrons. The summed E-state index contributed by atoms with van der Waals surface area (Å²) in [6, 6.07) is 8.87. The summed E-state index contributed by atoms with van der Waals surface area (Å²) < 4.78 is 2.41. The fourth-order valence-electron chi connectivity index (χ4n) is 3.70. The van der Waals surface area contributed by atoms with Crippen molar-refractivity contribution in [3.63, 3.8) is 0 Å². The van der Waals surface area contributed by atoms with E-state index in [1.807, 2.05) is 0 Å². The average molecular weight is 314 g/mol. The third-order valence-electron chi connectivity index (χ3n) is 5.01. The van der Waals surface area contributed by atoms with E-state index in [1.54, 1.807) is 0 Å². The molecule has 1 aliphatic heterocycles. The molecule has 0 saturated carbocycles. The van der Waals surface area contributed by atoms with Gasteiger partial charge in [-0.15, -0.1) is 0 Å². The van der Waals surface area contributed by atoms with Gasteiger partial charge in [-0.3, -0.25) is 0 Å². The second-order valence-electron chi connectivity index (χ2n) is 7.08. The molecule has 0 N–H and O–H groups in total. The van der Waals surface area contributed by atoms with Gasteiger partial charge in [0.1, 0.15) is 5.82 Å². The maximum Gasteiger partial charge on any atom is 0.112 e. The van der Waals surface area contributed by atoms with Crippen LogP contribution in [0.25, 0.3) is 10.9 Å². The van der Waals surface area contributed by atoms with Gasteiger partial charge >= 0.3 is 0 Å². The predicted molar refractivity (Wildman–Crippen MR) is 99.5 cm³/mol. The number of nitrogens with zero attached hydrogens (tertiary/aromatic N) is 4. The smallest absolute Gasteiger partial charge is 0.112 e. The molecule has 2 heterocycles. The SMILES string of the molecule is CN(C)CCCc1c(N2CCN(C)CC2)n(C)c2ccccc12. The number of para-hydroxylation sites is 1. The highest BCUT2D eigenvalue weighted by atomic mass is 15.3. The first-order chi connectivity index (χ1) is 11.1. The van der Waals surface area contributed by atoms with Crippen LogP contribution < -0.4 is 4.90 Å². The van der Waals surface area contributed by atoms with E-state index >= 15 is 0 Å². The quantitative estimate of drug-likeness (QED) is 0.842. The normalized spacial score (nSPS) is 16.7. The van der Waals surface area contributed by atoms with Crippen LogP contribution in [0.1, 0.15) is 12.0 Å². The molecule has 0 amide bonds. The molecule has 4 heteroatoms. The Balaban J connectivity index is 1.95. The van der Waals surface area contributed by atoms with E-state index in [1.165, 1.54) is 28.7 Å². The predicted octanol–water partition coefficient (Wildman–Crippen LogP) is 2.42. The molecule has 1 aliphatic rings. The van der Waals surface area contributed by atoms with Crippen LogP contribution in [0.2, 0.25) is 0 Å². The molecule has 1 saturated heterocycles. The highest BCUT2D eigenvalue weighted by Crippen LogP contribution is 2.33. The van der Waals surface area contributed by atoms with Gasteiger partial charge in [0.05, 0.1) is 0 Å². The van der Waals surface area contributed by atoms with E-state index in [0.29, 0.717) is 0 Å². The van der Waals surface area contributed by atoms with E-state index in [-0.39, 0.29) is 0 Å². The molecule has 0 atom stereocenters. The van der Waals surface area contributed by atoms with Crippen molar-refractivity contribution in [3.05, 3.63) is 29.8 Å². The fraction of sp³-hybridized carbons (Fsp3) is 0.579. The molecular weight excluding hydrogens is 284 g/mol. The molecular formula is C19H30N4. The van der Waals surface area contributed by atoms with Gasteiger partial charge in [0, 0.05) is 49.7 Å². The fourth-order valence-corrected chi connectivity index (χ4v) is 3.70. The minimum absolute atomic E-state index is 1.13. The zero-order valence-electron chi connectivity index (χ0n) is 15.0. The van der Waals surface area contributed by atoms with Crippen LogP contribution in [-0.4, -0.2) is 68.2 Å². The van der Waals surface area contributed by atoms with Crippen molar-refractivity contribution in [2.24, 2.45) is 7.05 Å². The molecule has 23 heavy (non-hydrogen) atoms. The van der Waals surface area contributed by atoms with Gasteiger partial charge in [-0.1, -0.05) is 18.2 Å². The maximum absolute atomic E-state index is 2.59. The Bertz CT molecular complexity index is 651. The Morgan fingerprint density at radius 3 is 2.39 bits per heavy atom. The van der Waals surface area contributed by atoms with Gasteiger partial charge in [0.2, 0.25) is 0 Å². The monoisotopic (exact) mass is 314 g/mol. The topological polar surface area (TPSA) is 14.7 Å². The summed E-state index contributed by atoms with van der Waals surface area (Å²) in [4.78, 5) is 7.29. The highest BCUT2D eigenvalue weighted by molar-refractivity contribution is 5.90. The Labute approximate surface area is 140 Å². The molecule has 4 nitrogen and oxygen atoms in total. The number of benzene rings is 1. The summed E-state index contributed by atoms with van der Waals surface area (Å²) in [5, 5.41) is 1.43. The van der Waals surface area contributed by atoms with Crippen LogP contribution >= 0.6 is 0 Å². The molecule has 3 rings (SSSR count). The third-order valence-corrected chi connectivity index (χ3v) is 5.01. The molecule has 0 radical (unpaired) electrons. The van der Waals surface area contributed by atoms with Crippen LogP contribution in [0.4, 0.5) is 5.82 Å². The van der Waals surface area contributed by atoms with E-state index < -0.39 is 0 Å². The van der Waals surface area contributed by atoms with Gasteiger partial charge < -0.3 is 19.3 Å². The summed E-state index contributed by atoms with van der Waals surface area (Å²) in [5.41, 5.74) is 2.90. The van der Waals surface area contributed by atoms with Gasteiger partial charge in [-0.05, 0) is 46.6 Å². The van der Waals surface area contributed by atoms with Crippen LogP contribution in [0, 0.1) is 0 Å². The first kappa shape index (κ1) is 16.3. The lowest BCUT2D eigenvalue weighted by molar-refractivity contribution is 0.311. The Hall–Kier alpha value is -1.52. The van der Waals surface area contributed by atoms with Crippen molar-refractivity contribution in [1.82, 2.24) is 14.4 Å². The van der Waals surface area contributed by atoms with Gasteiger partial charge in [-0.25, -0.2) is 0 Å². The number of fused-ring (bicyclic) bond motifs is 1. The molecule has 0 unspecified atom stereocenters. The zero-order chi connectivity index (χ0) is 16.4. The molecule has 0 bridgehead atoms. The summed E-state index contributed by atoms with van der Waals surface area (Å²) in [7, 11) is 8.76. The van der Waals surface area contributed by atoms with E-state index in [0.717, 1.165) is 39.1 Å². The molecule has 0 aliphatic carbocycles. The second kappa shape index (κ2) is 6.93. The summed E-state index contributed by atoms with van der Waals surface area (Å²) in [6.45, 7) is 5.70. The van der Waals surface area contributed by atoms with Gasteiger partial charge in [-0.2, -0.15) is 0 Å². The first-order valence-corrected chi connectivity index (χ1v) is 8.72. The van der Waals surface area contributed by atoms with Crippen molar-refractivity contribution >= 4 is 16.7 Å². The van der Waals surface area contributed by atoms with Crippen LogP contribution in [-0.2, 0) is 13.5 Å². The zero-order valence-corrected chi connectivity index (χ0v) is 15.0. The number of aromatic nitrogens is 1. The Kier molecular flexibility index (Phi) is 4.93. The molecule has 1 aromatic heterocycles. The number of piperazine rings is 1. The lowest BCUT2D eigenvalue weighted by Crippen LogP contribution is -2.45. The lowest BCUT2D eigenvalue weighted by atomic mass is 10.1. The standard InChI is InChI=1S/C19H30N4/c1-20(2)11-7-9-17-16-8-5-6-10-18(16)22(4)19(17)23-14-12-21(3)13-15-23/h5-6,8,10H,7,9,11-15H2,1-4H3. The number of aryl methyl sites for hydroxylation is 2. The van der Waals surface area contributed by atoms with Gasteiger partial charge in [0.25, 0.3) is 0 Å². The number of hydrogen-bond acceptors (Lipinski definition) is 3. The Morgan fingerprint density at radius 2 is 1.70 bits per heavy atom. The maximum atomic E-state index is 2.59. The van der Waals surface area contributed by atoms with Crippen molar-refractivity contribution in [2.75, 3.05) is 58.8 Å². The van der Waals surface area contributed by atoms with Crippen LogP contribution in [0.3, 0.4) is 0 Å². The van der Waals surface area contributed by atoms with Gasteiger partial charge in [0.15, 0.2) is 0 Å². The van der Waals surface area contributed by atoms with E-state index in [9.17, 15) is 0 Å².